The Balaban J connectivity index is 2.02. The van der Waals surface area contributed by atoms with Crippen molar-refractivity contribution in [2.75, 3.05) is 0 Å². The molecule has 0 saturated carbocycles. The van der Waals surface area contributed by atoms with Crippen LogP contribution in [0.15, 0.2) is 24.3 Å². The van der Waals surface area contributed by atoms with Crippen molar-refractivity contribution in [1.29, 1.82) is 0 Å². The molecule has 14 heavy (non-hydrogen) atoms. The average Bonchev–Trinajstić information content (AvgIpc) is 2.13. The molecular formula is C11H14N2O. The third-order valence-electron chi connectivity index (χ3n) is 2.87. The molecule has 0 bridgehead atoms. The minimum atomic E-state index is -0.506. The lowest BCUT2D eigenvalue weighted by Crippen LogP contribution is -2.39. The number of amides is 1. The number of carbonyl (C=O) groups is 1. The van der Waals surface area contributed by atoms with Gasteiger partial charge in [-0.25, -0.2) is 0 Å². The lowest BCUT2D eigenvalue weighted by Gasteiger charge is -2.31. The molecule has 1 aromatic carbocycles. The van der Waals surface area contributed by atoms with E-state index in [0.717, 1.165) is 6.42 Å². The number of primary amides is 1. The number of benzene rings is 1. The first-order valence-corrected chi connectivity index (χ1v) is 4.81. The third kappa shape index (κ3) is 1.51. The SMILES string of the molecule is NC(=O)C(N)CC1Cc2ccccc21. The van der Waals surface area contributed by atoms with Crippen LogP contribution in [-0.4, -0.2) is 11.9 Å². The maximum atomic E-state index is 10.8. The standard InChI is InChI=1S/C11H14N2O/c12-10(11(13)14)6-8-5-7-3-1-2-4-9(7)8/h1-4,8,10H,5-6,12H2,(H2,13,14). The van der Waals surface area contributed by atoms with Gasteiger partial charge < -0.3 is 11.5 Å². The van der Waals surface area contributed by atoms with Gasteiger partial charge in [0.05, 0.1) is 6.04 Å². The smallest absolute Gasteiger partial charge is 0.234 e. The Morgan fingerprint density at radius 3 is 2.86 bits per heavy atom. The minimum absolute atomic E-state index is 0.408. The van der Waals surface area contributed by atoms with Crippen LogP contribution in [0.4, 0.5) is 0 Å². The normalized spacial score (nSPS) is 20.8. The Bertz CT molecular complexity index is 362. The number of hydrogen-bond donors (Lipinski definition) is 2. The summed E-state index contributed by atoms with van der Waals surface area (Å²) in [6.45, 7) is 0. The van der Waals surface area contributed by atoms with E-state index in [4.69, 9.17) is 11.5 Å². The van der Waals surface area contributed by atoms with Gasteiger partial charge in [0, 0.05) is 0 Å². The van der Waals surface area contributed by atoms with E-state index >= 15 is 0 Å². The molecule has 0 fully saturated rings. The fourth-order valence-electron chi connectivity index (χ4n) is 2.00. The molecule has 2 rings (SSSR count). The van der Waals surface area contributed by atoms with Crippen molar-refractivity contribution in [2.24, 2.45) is 11.5 Å². The first kappa shape index (κ1) is 9.21. The lowest BCUT2D eigenvalue weighted by atomic mass is 9.74. The Morgan fingerprint density at radius 1 is 1.50 bits per heavy atom. The van der Waals surface area contributed by atoms with Crippen LogP contribution in [0, 0.1) is 0 Å². The number of hydrogen-bond acceptors (Lipinski definition) is 2. The molecule has 0 radical (unpaired) electrons. The van der Waals surface area contributed by atoms with Gasteiger partial charge in [0.2, 0.25) is 5.91 Å². The molecule has 0 aromatic heterocycles. The van der Waals surface area contributed by atoms with Gasteiger partial charge in [-0.1, -0.05) is 24.3 Å². The lowest BCUT2D eigenvalue weighted by molar-refractivity contribution is -0.119. The summed E-state index contributed by atoms with van der Waals surface area (Å²) in [5.74, 6) is 0.0167. The molecule has 0 spiro atoms. The molecule has 2 unspecified atom stereocenters. The molecule has 4 N–H and O–H groups in total. The topological polar surface area (TPSA) is 69.1 Å². The molecule has 0 saturated heterocycles. The van der Waals surface area contributed by atoms with Crippen LogP contribution in [0.2, 0.25) is 0 Å². The summed E-state index contributed by atoms with van der Waals surface area (Å²) in [5, 5.41) is 0. The highest BCUT2D eigenvalue weighted by molar-refractivity contribution is 5.79. The number of carbonyl (C=O) groups excluding carboxylic acids is 1. The van der Waals surface area contributed by atoms with Gasteiger partial charge in [-0.2, -0.15) is 0 Å². The quantitative estimate of drug-likeness (QED) is 0.730. The highest BCUT2D eigenvalue weighted by Crippen LogP contribution is 2.37. The predicted octanol–water partition coefficient (Wildman–Crippen LogP) is 0.529. The Hall–Kier alpha value is -1.35. The van der Waals surface area contributed by atoms with Gasteiger partial charge in [-0.15, -0.1) is 0 Å². The van der Waals surface area contributed by atoms with Crippen molar-refractivity contribution in [2.45, 2.75) is 24.8 Å². The highest BCUT2D eigenvalue weighted by atomic mass is 16.1. The Morgan fingerprint density at radius 2 is 2.21 bits per heavy atom. The molecule has 74 valence electrons. The van der Waals surface area contributed by atoms with Crippen LogP contribution < -0.4 is 11.5 Å². The largest absolute Gasteiger partial charge is 0.368 e. The van der Waals surface area contributed by atoms with E-state index in [1.807, 2.05) is 12.1 Å². The summed E-state index contributed by atoms with van der Waals surface area (Å²) in [7, 11) is 0. The van der Waals surface area contributed by atoms with Crippen LogP contribution in [0.3, 0.4) is 0 Å². The third-order valence-corrected chi connectivity index (χ3v) is 2.87. The summed E-state index contributed by atoms with van der Waals surface area (Å²) in [6.07, 6.45) is 1.70. The monoisotopic (exact) mass is 190 g/mol. The first-order valence-electron chi connectivity index (χ1n) is 4.81. The van der Waals surface area contributed by atoms with Crippen molar-refractivity contribution in [3.05, 3.63) is 35.4 Å². The van der Waals surface area contributed by atoms with E-state index in [2.05, 4.69) is 12.1 Å². The summed E-state index contributed by atoms with van der Waals surface area (Å²) in [5.41, 5.74) is 13.4. The van der Waals surface area contributed by atoms with Crippen LogP contribution in [0.1, 0.15) is 23.5 Å². The molecule has 1 aromatic rings. The molecule has 1 aliphatic rings. The molecular weight excluding hydrogens is 176 g/mol. The van der Waals surface area contributed by atoms with Crippen LogP contribution in [0.5, 0.6) is 0 Å². The maximum absolute atomic E-state index is 10.8. The fourth-order valence-corrected chi connectivity index (χ4v) is 2.00. The van der Waals surface area contributed by atoms with Crippen LogP contribution >= 0.6 is 0 Å². The second kappa shape index (κ2) is 3.42. The first-order chi connectivity index (χ1) is 6.68. The second-order valence-electron chi connectivity index (χ2n) is 3.84. The molecule has 1 aliphatic carbocycles. The average molecular weight is 190 g/mol. The van der Waals surface area contributed by atoms with Crippen molar-refractivity contribution >= 4 is 5.91 Å². The molecule has 2 atom stereocenters. The fraction of sp³-hybridized carbons (Fsp3) is 0.364. The van der Waals surface area contributed by atoms with Gasteiger partial charge in [0.1, 0.15) is 0 Å². The van der Waals surface area contributed by atoms with E-state index in [9.17, 15) is 4.79 Å². The molecule has 0 aliphatic heterocycles. The van der Waals surface area contributed by atoms with E-state index < -0.39 is 11.9 Å². The Labute approximate surface area is 83.1 Å². The van der Waals surface area contributed by atoms with Crippen molar-refractivity contribution in [3.8, 4) is 0 Å². The van der Waals surface area contributed by atoms with Gasteiger partial charge in [0.25, 0.3) is 0 Å². The van der Waals surface area contributed by atoms with Gasteiger partial charge in [-0.3, -0.25) is 4.79 Å². The van der Waals surface area contributed by atoms with E-state index in [1.54, 1.807) is 0 Å². The molecule has 0 heterocycles. The van der Waals surface area contributed by atoms with Crippen molar-refractivity contribution in [1.82, 2.24) is 0 Å². The maximum Gasteiger partial charge on any atom is 0.234 e. The van der Waals surface area contributed by atoms with Crippen molar-refractivity contribution in [3.63, 3.8) is 0 Å². The van der Waals surface area contributed by atoms with Gasteiger partial charge in [-0.05, 0) is 29.9 Å². The van der Waals surface area contributed by atoms with Crippen LogP contribution in [-0.2, 0) is 11.2 Å². The molecule has 3 nitrogen and oxygen atoms in total. The predicted molar refractivity (Wildman–Crippen MR) is 54.7 cm³/mol. The van der Waals surface area contributed by atoms with Gasteiger partial charge in [0.15, 0.2) is 0 Å². The van der Waals surface area contributed by atoms with Crippen molar-refractivity contribution < 1.29 is 4.79 Å². The zero-order chi connectivity index (χ0) is 10.1. The Kier molecular flexibility index (Phi) is 2.25. The molecule has 3 heteroatoms. The number of fused-ring (bicyclic) bond motifs is 1. The summed E-state index contributed by atoms with van der Waals surface area (Å²) < 4.78 is 0. The summed E-state index contributed by atoms with van der Waals surface area (Å²) in [6, 6.07) is 7.75. The highest BCUT2D eigenvalue weighted by Gasteiger charge is 2.28. The number of rotatable bonds is 3. The van der Waals surface area contributed by atoms with E-state index in [0.29, 0.717) is 12.3 Å². The zero-order valence-electron chi connectivity index (χ0n) is 7.94. The van der Waals surface area contributed by atoms with Crippen LogP contribution in [0.25, 0.3) is 0 Å². The minimum Gasteiger partial charge on any atom is -0.368 e. The number of nitrogens with two attached hydrogens (primary N) is 2. The molecule has 1 amide bonds. The van der Waals surface area contributed by atoms with E-state index in [1.165, 1.54) is 11.1 Å². The summed E-state index contributed by atoms with van der Waals surface area (Å²) >= 11 is 0. The summed E-state index contributed by atoms with van der Waals surface area (Å²) in [4.78, 5) is 10.8. The zero-order valence-corrected chi connectivity index (χ0v) is 7.94. The second-order valence-corrected chi connectivity index (χ2v) is 3.84. The van der Waals surface area contributed by atoms with E-state index in [-0.39, 0.29) is 0 Å². The van der Waals surface area contributed by atoms with Gasteiger partial charge >= 0.3 is 0 Å².